The fourth-order valence-electron chi connectivity index (χ4n) is 3.05. The second-order valence-corrected chi connectivity index (χ2v) is 6.82. The van der Waals surface area contributed by atoms with Crippen LogP contribution >= 0.6 is 0 Å². The molecule has 1 amide bonds. The average molecular weight is 319 g/mol. The summed E-state index contributed by atoms with van der Waals surface area (Å²) in [6.07, 6.45) is 0.940. The third-order valence-electron chi connectivity index (χ3n) is 4.28. The van der Waals surface area contributed by atoms with Crippen molar-refractivity contribution in [1.82, 2.24) is 4.90 Å². The summed E-state index contributed by atoms with van der Waals surface area (Å²) in [5.74, 6) is 0.846. The van der Waals surface area contributed by atoms with Crippen molar-refractivity contribution in [3.8, 4) is 0 Å². The molecule has 0 aromatic heterocycles. The van der Waals surface area contributed by atoms with Crippen molar-refractivity contribution in [2.45, 2.75) is 20.3 Å². The fraction of sp³-hybridized carbons (Fsp3) is 0.611. The molecule has 2 rings (SSSR count). The number of amides is 1. The molecule has 5 heteroatoms. The number of nitrogens with zero attached hydrogens (tertiary/aromatic N) is 2. The van der Waals surface area contributed by atoms with E-state index in [1.54, 1.807) is 0 Å². The molecule has 2 N–H and O–H groups in total. The van der Waals surface area contributed by atoms with Gasteiger partial charge in [-0.1, -0.05) is 13.8 Å². The van der Waals surface area contributed by atoms with Gasteiger partial charge in [-0.15, -0.1) is 0 Å². The van der Waals surface area contributed by atoms with Gasteiger partial charge in [0.05, 0.1) is 12.5 Å². The van der Waals surface area contributed by atoms with E-state index >= 15 is 0 Å². The molecule has 0 bridgehead atoms. The maximum atomic E-state index is 12.4. The Balaban J connectivity index is 1.86. The topological polar surface area (TPSA) is 55.8 Å². The molecule has 1 aromatic carbocycles. The zero-order valence-corrected chi connectivity index (χ0v) is 14.5. The molecule has 1 aliphatic rings. The number of benzene rings is 1. The van der Waals surface area contributed by atoms with Gasteiger partial charge in [-0.25, -0.2) is 0 Å². The third-order valence-corrected chi connectivity index (χ3v) is 4.28. The number of anilines is 2. The lowest BCUT2D eigenvalue weighted by molar-refractivity contribution is -0.119. The average Bonchev–Trinajstić information content (AvgIpc) is 2.96. The van der Waals surface area contributed by atoms with E-state index in [1.807, 2.05) is 36.2 Å². The molecule has 0 spiro atoms. The number of hydrogen-bond donors (Lipinski definition) is 2. The third kappa shape index (κ3) is 5.22. The van der Waals surface area contributed by atoms with Crippen LogP contribution < -0.4 is 10.2 Å². The van der Waals surface area contributed by atoms with Crippen LogP contribution in [0, 0.1) is 11.8 Å². The largest absolute Gasteiger partial charge is 0.395 e. The summed E-state index contributed by atoms with van der Waals surface area (Å²) in [4.78, 5) is 16.7. The van der Waals surface area contributed by atoms with Crippen LogP contribution in [0.1, 0.15) is 20.3 Å². The summed E-state index contributed by atoms with van der Waals surface area (Å²) >= 11 is 0. The van der Waals surface area contributed by atoms with Crippen molar-refractivity contribution in [2.24, 2.45) is 11.8 Å². The minimum absolute atomic E-state index is 0.0884. The van der Waals surface area contributed by atoms with Crippen LogP contribution in [0.15, 0.2) is 24.3 Å². The highest BCUT2D eigenvalue weighted by atomic mass is 16.3. The molecular weight excluding hydrogens is 290 g/mol. The van der Waals surface area contributed by atoms with Crippen molar-refractivity contribution in [3.63, 3.8) is 0 Å². The lowest BCUT2D eigenvalue weighted by Gasteiger charge is -2.19. The first-order valence-electron chi connectivity index (χ1n) is 8.45. The summed E-state index contributed by atoms with van der Waals surface area (Å²) in [7, 11) is 1.94. The van der Waals surface area contributed by atoms with Crippen LogP contribution in [0.5, 0.6) is 0 Å². The molecule has 1 aliphatic heterocycles. The van der Waals surface area contributed by atoms with E-state index in [-0.39, 0.29) is 18.4 Å². The van der Waals surface area contributed by atoms with Crippen molar-refractivity contribution in [3.05, 3.63) is 24.3 Å². The van der Waals surface area contributed by atoms with Crippen molar-refractivity contribution in [2.75, 3.05) is 50.1 Å². The summed E-state index contributed by atoms with van der Waals surface area (Å²) in [5, 5.41) is 12.0. The van der Waals surface area contributed by atoms with E-state index in [0.717, 1.165) is 37.4 Å². The van der Waals surface area contributed by atoms with E-state index in [1.165, 1.54) is 0 Å². The highest BCUT2D eigenvalue weighted by Crippen LogP contribution is 2.21. The Morgan fingerprint density at radius 2 is 2.09 bits per heavy atom. The van der Waals surface area contributed by atoms with Gasteiger partial charge in [-0.05, 0) is 43.1 Å². The Hall–Kier alpha value is -1.59. The van der Waals surface area contributed by atoms with Gasteiger partial charge in [0.2, 0.25) is 5.91 Å². The normalized spacial score (nSPS) is 18.4. The minimum atomic E-state index is 0.0884. The molecule has 1 unspecified atom stereocenters. The summed E-state index contributed by atoms with van der Waals surface area (Å²) in [5.41, 5.74) is 1.86. The lowest BCUT2D eigenvalue weighted by Crippen LogP contribution is -2.29. The lowest BCUT2D eigenvalue weighted by atomic mass is 10.1. The van der Waals surface area contributed by atoms with Crippen LogP contribution in [0.25, 0.3) is 0 Å². The van der Waals surface area contributed by atoms with Gasteiger partial charge in [0.15, 0.2) is 0 Å². The Morgan fingerprint density at radius 3 is 2.70 bits per heavy atom. The number of aliphatic hydroxyl groups excluding tert-OH is 1. The van der Waals surface area contributed by atoms with Crippen LogP contribution in [0.2, 0.25) is 0 Å². The number of nitrogens with one attached hydrogen (secondary N) is 1. The van der Waals surface area contributed by atoms with Gasteiger partial charge >= 0.3 is 0 Å². The summed E-state index contributed by atoms with van der Waals surface area (Å²) in [6.45, 7) is 8.09. The van der Waals surface area contributed by atoms with E-state index in [4.69, 9.17) is 5.11 Å². The van der Waals surface area contributed by atoms with Crippen molar-refractivity contribution in [1.29, 1.82) is 0 Å². The molecule has 1 saturated heterocycles. The van der Waals surface area contributed by atoms with E-state index in [0.29, 0.717) is 12.5 Å². The van der Waals surface area contributed by atoms with Crippen LogP contribution in [-0.4, -0.2) is 55.7 Å². The molecule has 1 aromatic rings. The Morgan fingerprint density at radius 1 is 1.39 bits per heavy atom. The molecule has 1 heterocycles. The predicted octanol–water partition coefficient (Wildman–Crippen LogP) is 2.03. The van der Waals surface area contributed by atoms with E-state index in [9.17, 15) is 4.79 Å². The van der Waals surface area contributed by atoms with Crippen molar-refractivity contribution >= 4 is 17.3 Å². The maximum absolute atomic E-state index is 12.4. The first kappa shape index (κ1) is 17.8. The van der Waals surface area contributed by atoms with Crippen LogP contribution in [-0.2, 0) is 4.79 Å². The van der Waals surface area contributed by atoms with Crippen molar-refractivity contribution < 1.29 is 9.90 Å². The number of carbonyl (C=O) groups excluding carboxylic acids is 1. The SMILES string of the molecule is CC(C)CN1CCC(C(=O)Nc2ccc(N(C)CCO)cc2)C1. The zero-order valence-electron chi connectivity index (χ0n) is 14.5. The summed E-state index contributed by atoms with van der Waals surface area (Å²) in [6, 6.07) is 7.76. The van der Waals surface area contributed by atoms with Gasteiger partial charge in [-0.3, -0.25) is 4.79 Å². The minimum Gasteiger partial charge on any atom is -0.395 e. The van der Waals surface area contributed by atoms with Gasteiger partial charge in [0.25, 0.3) is 0 Å². The number of hydrogen-bond acceptors (Lipinski definition) is 4. The highest BCUT2D eigenvalue weighted by molar-refractivity contribution is 5.93. The Labute approximate surface area is 139 Å². The molecule has 1 fully saturated rings. The standard InChI is InChI=1S/C18H29N3O2/c1-14(2)12-21-9-8-15(13-21)18(23)19-16-4-6-17(7-5-16)20(3)10-11-22/h4-7,14-15,22H,8-13H2,1-3H3,(H,19,23). The molecule has 0 aliphatic carbocycles. The number of rotatable bonds is 7. The van der Waals surface area contributed by atoms with E-state index in [2.05, 4.69) is 24.1 Å². The Kier molecular flexibility index (Phi) is 6.42. The molecule has 1 atom stereocenters. The fourth-order valence-corrected chi connectivity index (χ4v) is 3.05. The maximum Gasteiger partial charge on any atom is 0.228 e. The van der Waals surface area contributed by atoms with Gasteiger partial charge in [0.1, 0.15) is 0 Å². The van der Waals surface area contributed by atoms with Crippen LogP contribution in [0.4, 0.5) is 11.4 Å². The molecular formula is C18H29N3O2. The number of likely N-dealkylation sites (N-methyl/N-ethyl adjacent to an activating group) is 1. The number of likely N-dealkylation sites (tertiary alicyclic amines) is 1. The molecule has 5 nitrogen and oxygen atoms in total. The molecule has 23 heavy (non-hydrogen) atoms. The van der Waals surface area contributed by atoms with E-state index < -0.39 is 0 Å². The number of aliphatic hydroxyl groups is 1. The first-order valence-corrected chi connectivity index (χ1v) is 8.45. The second kappa shape index (κ2) is 8.31. The smallest absolute Gasteiger partial charge is 0.228 e. The quantitative estimate of drug-likeness (QED) is 0.807. The van der Waals surface area contributed by atoms with Gasteiger partial charge < -0.3 is 20.2 Å². The zero-order chi connectivity index (χ0) is 16.8. The number of carbonyl (C=O) groups is 1. The summed E-state index contributed by atoms with van der Waals surface area (Å²) < 4.78 is 0. The second-order valence-electron chi connectivity index (χ2n) is 6.82. The first-order chi connectivity index (χ1) is 11.0. The molecule has 128 valence electrons. The predicted molar refractivity (Wildman–Crippen MR) is 94.8 cm³/mol. The molecule has 0 radical (unpaired) electrons. The highest BCUT2D eigenvalue weighted by Gasteiger charge is 2.28. The van der Waals surface area contributed by atoms with Gasteiger partial charge in [-0.2, -0.15) is 0 Å². The Bertz CT molecular complexity index is 501. The monoisotopic (exact) mass is 319 g/mol. The van der Waals surface area contributed by atoms with Crippen LogP contribution in [0.3, 0.4) is 0 Å². The molecule has 0 saturated carbocycles. The van der Waals surface area contributed by atoms with Gasteiger partial charge in [0, 0.05) is 38.1 Å².